The molecule has 106 valence electrons. The van der Waals surface area contributed by atoms with Crippen LogP contribution in [0.3, 0.4) is 0 Å². The second kappa shape index (κ2) is 8.25. The summed E-state index contributed by atoms with van der Waals surface area (Å²) in [7, 11) is 3.93. The van der Waals surface area contributed by atoms with Crippen molar-refractivity contribution >= 4 is 34.8 Å². The first-order chi connectivity index (χ1) is 9.00. The molecule has 1 aromatic rings. The van der Waals surface area contributed by atoms with Gasteiger partial charge in [-0.1, -0.05) is 29.3 Å². The van der Waals surface area contributed by atoms with Crippen LogP contribution in [0, 0.1) is 0 Å². The highest BCUT2D eigenvalue weighted by Crippen LogP contribution is 2.29. The van der Waals surface area contributed by atoms with Gasteiger partial charge in [0.25, 0.3) is 0 Å². The Morgan fingerprint density at radius 2 is 1.84 bits per heavy atom. The van der Waals surface area contributed by atoms with Crippen LogP contribution in [0.2, 0.25) is 10.0 Å². The van der Waals surface area contributed by atoms with E-state index in [4.69, 9.17) is 23.2 Å². The van der Waals surface area contributed by atoms with Crippen LogP contribution in [0.4, 0.5) is 5.69 Å². The number of carbonyl (C=O) groups is 1. The number of benzene rings is 1. The van der Waals surface area contributed by atoms with Crippen LogP contribution < -0.4 is 10.6 Å². The molecule has 0 saturated heterocycles. The lowest BCUT2D eigenvalue weighted by molar-refractivity contribution is -0.120. The van der Waals surface area contributed by atoms with Crippen molar-refractivity contribution in [2.75, 3.05) is 39.0 Å². The largest absolute Gasteiger partial charge is 0.382 e. The molecule has 4 nitrogen and oxygen atoms in total. The monoisotopic (exact) mass is 303 g/mol. The Balaban J connectivity index is 2.28. The van der Waals surface area contributed by atoms with Crippen molar-refractivity contribution in [3.8, 4) is 0 Å². The predicted molar refractivity (Wildman–Crippen MR) is 81.1 cm³/mol. The van der Waals surface area contributed by atoms with E-state index in [-0.39, 0.29) is 5.91 Å². The van der Waals surface area contributed by atoms with Gasteiger partial charge in [-0.2, -0.15) is 0 Å². The number of likely N-dealkylation sites (N-methyl/N-ethyl adjacent to an activating group) is 1. The summed E-state index contributed by atoms with van der Waals surface area (Å²) in [6.07, 6.45) is 0.384. The molecule has 6 heteroatoms. The summed E-state index contributed by atoms with van der Waals surface area (Å²) in [5.74, 6) is 0.0116. The summed E-state index contributed by atoms with van der Waals surface area (Å²) >= 11 is 12.0. The fourth-order valence-electron chi connectivity index (χ4n) is 1.48. The maximum Gasteiger partial charge on any atom is 0.221 e. The Bertz CT molecular complexity index is 404. The highest BCUT2D eigenvalue weighted by atomic mass is 35.5. The molecule has 0 spiro atoms. The van der Waals surface area contributed by atoms with Gasteiger partial charge in [0.15, 0.2) is 0 Å². The van der Waals surface area contributed by atoms with Gasteiger partial charge in [0, 0.05) is 26.1 Å². The Hall–Kier alpha value is -0.970. The molecule has 1 amide bonds. The minimum Gasteiger partial charge on any atom is -0.382 e. The number of rotatable bonds is 7. The molecule has 0 bridgehead atoms. The maximum absolute atomic E-state index is 11.5. The quantitative estimate of drug-likeness (QED) is 0.813. The van der Waals surface area contributed by atoms with E-state index < -0.39 is 0 Å². The highest BCUT2D eigenvalue weighted by Gasteiger charge is 2.06. The first kappa shape index (κ1) is 16.1. The summed E-state index contributed by atoms with van der Waals surface area (Å²) in [6, 6.07) is 5.30. The summed E-state index contributed by atoms with van der Waals surface area (Å²) in [6.45, 7) is 1.98. The van der Waals surface area contributed by atoms with E-state index in [2.05, 4.69) is 10.6 Å². The molecule has 0 aliphatic carbocycles. The molecule has 0 fully saturated rings. The van der Waals surface area contributed by atoms with E-state index in [1.165, 1.54) is 0 Å². The Morgan fingerprint density at radius 3 is 2.42 bits per heavy atom. The SMILES string of the molecule is CN(C)CCNC(=O)CCNc1c(Cl)cccc1Cl. The van der Waals surface area contributed by atoms with E-state index in [0.717, 1.165) is 6.54 Å². The summed E-state index contributed by atoms with van der Waals surface area (Å²) in [5, 5.41) is 7.03. The molecular weight excluding hydrogens is 285 g/mol. The van der Waals surface area contributed by atoms with Crippen LogP contribution >= 0.6 is 23.2 Å². The van der Waals surface area contributed by atoms with E-state index >= 15 is 0 Å². The van der Waals surface area contributed by atoms with Crippen LogP contribution in [-0.2, 0) is 4.79 Å². The van der Waals surface area contributed by atoms with E-state index in [9.17, 15) is 4.79 Å². The van der Waals surface area contributed by atoms with E-state index in [1.54, 1.807) is 18.2 Å². The fraction of sp³-hybridized carbons (Fsp3) is 0.462. The third kappa shape index (κ3) is 6.14. The van der Waals surface area contributed by atoms with Crippen molar-refractivity contribution in [3.63, 3.8) is 0 Å². The van der Waals surface area contributed by atoms with E-state index in [0.29, 0.717) is 35.2 Å². The summed E-state index contributed by atoms with van der Waals surface area (Å²) < 4.78 is 0. The van der Waals surface area contributed by atoms with Crippen LogP contribution in [0.15, 0.2) is 18.2 Å². The normalized spacial score (nSPS) is 10.6. The predicted octanol–water partition coefficient (Wildman–Crippen LogP) is 2.47. The van der Waals surface area contributed by atoms with Crippen LogP contribution in [0.5, 0.6) is 0 Å². The van der Waals surface area contributed by atoms with Crippen LogP contribution in [0.25, 0.3) is 0 Å². The maximum atomic E-state index is 11.5. The number of para-hydroxylation sites is 1. The molecule has 0 aromatic heterocycles. The molecule has 0 saturated carbocycles. The van der Waals surface area contributed by atoms with Gasteiger partial charge in [-0.25, -0.2) is 0 Å². The number of hydrogen-bond donors (Lipinski definition) is 2. The number of hydrogen-bond acceptors (Lipinski definition) is 3. The molecule has 0 unspecified atom stereocenters. The Morgan fingerprint density at radius 1 is 1.21 bits per heavy atom. The minimum absolute atomic E-state index is 0.0116. The molecule has 19 heavy (non-hydrogen) atoms. The zero-order valence-corrected chi connectivity index (χ0v) is 12.7. The number of nitrogens with one attached hydrogen (secondary N) is 2. The van der Waals surface area contributed by atoms with Gasteiger partial charge in [0.2, 0.25) is 5.91 Å². The van der Waals surface area contributed by atoms with Gasteiger partial charge in [-0.05, 0) is 26.2 Å². The molecule has 0 heterocycles. The van der Waals surface area contributed by atoms with Gasteiger partial charge in [0.05, 0.1) is 15.7 Å². The van der Waals surface area contributed by atoms with Crippen molar-refractivity contribution in [1.82, 2.24) is 10.2 Å². The van der Waals surface area contributed by atoms with Crippen molar-refractivity contribution in [1.29, 1.82) is 0 Å². The second-order valence-corrected chi connectivity index (χ2v) is 5.24. The first-order valence-corrected chi connectivity index (χ1v) is 6.85. The van der Waals surface area contributed by atoms with Gasteiger partial charge in [-0.15, -0.1) is 0 Å². The standard InChI is InChI=1S/C13H19Cl2N3O/c1-18(2)9-8-16-12(19)6-7-17-13-10(14)4-3-5-11(13)15/h3-5,17H,6-9H2,1-2H3,(H,16,19). The summed E-state index contributed by atoms with van der Waals surface area (Å²) in [5.41, 5.74) is 0.673. The molecule has 1 rings (SSSR count). The lowest BCUT2D eigenvalue weighted by Crippen LogP contribution is -2.32. The van der Waals surface area contributed by atoms with Crippen molar-refractivity contribution in [3.05, 3.63) is 28.2 Å². The second-order valence-electron chi connectivity index (χ2n) is 4.43. The average molecular weight is 304 g/mol. The minimum atomic E-state index is 0.0116. The first-order valence-electron chi connectivity index (χ1n) is 6.10. The zero-order valence-electron chi connectivity index (χ0n) is 11.2. The third-order valence-corrected chi connectivity index (χ3v) is 3.13. The average Bonchev–Trinajstić information content (AvgIpc) is 2.32. The van der Waals surface area contributed by atoms with Gasteiger partial charge >= 0.3 is 0 Å². The number of anilines is 1. The molecular formula is C13H19Cl2N3O. The Kier molecular flexibility index (Phi) is 6.99. The molecule has 0 atom stereocenters. The fourth-order valence-corrected chi connectivity index (χ4v) is 2.01. The lowest BCUT2D eigenvalue weighted by atomic mass is 10.3. The van der Waals surface area contributed by atoms with Gasteiger partial charge in [-0.3, -0.25) is 4.79 Å². The number of carbonyl (C=O) groups excluding carboxylic acids is 1. The summed E-state index contributed by atoms with van der Waals surface area (Å²) in [4.78, 5) is 13.6. The number of halogens is 2. The van der Waals surface area contributed by atoms with Crippen LogP contribution in [-0.4, -0.2) is 44.5 Å². The smallest absolute Gasteiger partial charge is 0.221 e. The molecule has 0 radical (unpaired) electrons. The Labute approximate surface area is 124 Å². The molecule has 0 aliphatic heterocycles. The van der Waals surface area contributed by atoms with Crippen molar-refractivity contribution in [2.45, 2.75) is 6.42 Å². The van der Waals surface area contributed by atoms with Crippen molar-refractivity contribution in [2.24, 2.45) is 0 Å². The van der Waals surface area contributed by atoms with Gasteiger partial charge < -0.3 is 15.5 Å². The third-order valence-electron chi connectivity index (χ3n) is 2.50. The number of nitrogens with zero attached hydrogens (tertiary/aromatic N) is 1. The molecule has 0 aliphatic rings. The topological polar surface area (TPSA) is 44.4 Å². The molecule has 1 aromatic carbocycles. The zero-order chi connectivity index (χ0) is 14.3. The number of amides is 1. The lowest BCUT2D eigenvalue weighted by Gasteiger charge is -2.12. The molecule has 2 N–H and O–H groups in total. The highest BCUT2D eigenvalue weighted by molar-refractivity contribution is 6.39. The van der Waals surface area contributed by atoms with E-state index in [1.807, 2.05) is 19.0 Å². The van der Waals surface area contributed by atoms with Gasteiger partial charge in [0.1, 0.15) is 0 Å². The van der Waals surface area contributed by atoms with Crippen molar-refractivity contribution < 1.29 is 4.79 Å². The van der Waals surface area contributed by atoms with Crippen LogP contribution in [0.1, 0.15) is 6.42 Å².